The van der Waals surface area contributed by atoms with Crippen molar-refractivity contribution in [3.63, 3.8) is 0 Å². The Balaban J connectivity index is 1.67. The highest BCUT2D eigenvalue weighted by Gasteiger charge is 2.37. The Hall–Kier alpha value is -2.86. The molecule has 0 saturated heterocycles. The van der Waals surface area contributed by atoms with Crippen molar-refractivity contribution in [3.8, 4) is 0 Å². The van der Waals surface area contributed by atoms with Crippen molar-refractivity contribution in [1.82, 2.24) is 10.6 Å². The highest BCUT2D eigenvalue weighted by atomic mass is 35.5. The fraction of sp³-hybridized carbons (Fsp3) is 0.211. The molecule has 2 N–H and O–H groups in total. The van der Waals surface area contributed by atoms with Gasteiger partial charge in [0.1, 0.15) is 6.04 Å². The van der Waals surface area contributed by atoms with Gasteiger partial charge in [-0.25, -0.2) is 0 Å². The molecule has 134 valence electrons. The molecular weight excluding hydrogens is 354 g/mol. The van der Waals surface area contributed by atoms with E-state index in [9.17, 15) is 14.4 Å². The highest BCUT2D eigenvalue weighted by molar-refractivity contribution is 6.36. The summed E-state index contributed by atoms with van der Waals surface area (Å²) < 4.78 is 0. The highest BCUT2D eigenvalue weighted by Crippen LogP contribution is 2.35. The molecule has 0 spiro atoms. The van der Waals surface area contributed by atoms with Crippen LogP contribution >= 0.6 is 11.6 Å². The lowest BCUT2D eigenvalue weighted by Gasteiger charge is -2.15. The fourth-order valence-electron chi connectivity index (χ4n) is 2.94. The Morgan fingerprint density at radius 3 is 2.50 bits per heavy atom. The molecule has 7 heteroatoms. The van der Waals surface area contributed by atoms with E-state index >= 15 is 0 Å². The molecule has 1 aliphatic rings. The second-order valence-electron chi connectivity index (χ2n) is 5.82. The maximum absolute atomic E-state index is 12.5. The third-order valence-electron chi connectivity index (χ3n) is 4.25. The van der Waals surface area contributed by atoms with Crippen molar-refractivity contribution in [3.05, 3.63) is 64.7 Å². The maximum atomic E-state index is 12.5. The molecule has 26 heavy (non-hydrogen) atoms. The molecule has 0 bridgehead atoms. The predicted molar refractivity (Wildman–Crippen MR) is 98.7 cm³/mol. The number of carbonyl (C=O) groups is 3. The van der Waals surface area contributed by atoms with Crippen LogP contribution in [0.2, 0.25) is 5.02 Å². The van der Waals surface area contributed by atoms with Crippen LogP contribution in [0.4, 0.5) is 5.69 Å². The minimum Gasteiger partial charge on any atom is -0.344 e. The number of carbonyl (C=O) groups excluding carboxylic acids is 3. The molecule has 2 aromatic rings. The van der Waals surface area contributed by atoms with E-state index in [4.69, 9.17) is 11.6 Å². The van der Waals surface area contributed by atoms with Gasteiger partial charge in [0.2, 0.25) is 0 Å². The van der Waals surface area contributed by atoms with E-state index in [0.29, 0.717) is 22.7 Å². The van der Waals surface area contributed by atoms with Crippen molar-refractivity contribution in [2.24, 2.45) is 0 Å². The summed E-state index contributed by atoms with van der Waals surface area (Å²) in [7, 11) is 0. The van der Waals surface area contributed by atoms with Crippen LogP contribution in [0.1, 0.15) is 24.1 Å². The Morgan fingerprint density at radius 2 is 1.77 bits per heavy atom. The quantitative estimate of drug-likeness (QED) is 0.808. The van der Waals surface area contributed by atoms with E-state index in [1.54, 1.807) is 41.3 Å². The van der Waals surface area contributed by atoms with Gasteiger partial charge in [-0.2, -0.15) is 0 Å². The maximum Gasteiger partial charge on any atom is 0.310 e. The van der Waals surface area contributed by atoms with Gasteiger partial charge in [-0.1, -0.05) is 48.0 Å². The minimum atomic E-state index is -0.858. The van der Waals surface area contributed by atoms with Crippen molar-refractivity contribution < 1.29 is 14.4 Å². The van der Waals surface area contributed by atoms with Crippen LogP contribution in [0, 0.1) is 0 Å². The number of para-hydroxylation sites is 1. The van der Waals surface area contributed by atoms with E-state index in [1.807, 2.05) is 19.1 Å². The first-order valence-electron chi connectivity index (χ1n) is 8.25. The zero-order chi connectivity index (χ0) is 18.7. The van der Waals surface area contributed by atoms with E-state index in [2.05, 4.69) is 10.6 Å². The summed E-state index contributed by atoms with van der Waals surface area (Å²) in [6.07, 6.45) is 0. The Bertz CT molecular complexity index is 869. The molecule has 6 nitrogen and oxygen atoms in total. The van der Waals surface area contributed by atoms with Crippen LogP contribution in [0.15, 0.2) is 48.5 Å². The Kier molecular flexibility index (Phi) is 5.23. The number of amides is 3. The van der Waals surface area contributed by atoms with Crippen molar-refractivity contribution in [2.75, 3.05) is 11.4 Å². The van der Waals surface area contributed by atoms with Gasteiger partial charge in [-0.3, -0.25) is 14.4 Å². The summed E-state index contributed by atoms with van der Waals surface area (Å²) in [5.74, 6) is -1.92. The SMILES string of the molecule is CCN1C(=O)[C@@H](NC(=O)C(=O)NCc2ccccc2Cl)c2ccccc21. The zero-order valence-electron chi connectivity index (χ0n) is 14.2. The third-order valence-corrected chi connectivity index (χ3v) is 4.62. The van der Waals surface area contributed by atoms with E-state index in [0.717, 1.165) is 5.69 Å². The zero-order valence-corrected chi connectivity index (χ0v) is 14.9. The summed E-state index contributed by atoms with van der Waals surface area (Å²) in [6, 6.07) is 13.4. The molecule has 0 aliphatic carbocycles. The molecule has 0 unspecified atom stereocenters. The minimum absolute atomic E-state index is 0.127. The normalized spacial score (nSPS) is 15.5. The van der Waals surface area contributed by atoms with Gasteiger partial charge >= 0.3 is 11.8 Å². The van der Waals surface area contributed by atoms with Crippen LogP contribution in [0.3, 0.4) is 0 Å². The van der Waals surface area contributed by atoms with Crippen molar-refractivity contribution in [1.29, 1.82) is 0 Å². The molecule has 1 aliphatic heterocycles. The van der Waals surface area contributed by atoms with E-state index in [1.165, 1.54) is 0 Å². The molecule has 3 rings (SSSR count). The molecule has 2 aromatic carbocycles. The average Bonchev–Trinajstić information content (AvgIpc) is 2.92. The van der Waals surface area contributed by atoms with Gasteiger partial charge in [0.25, 0.3) is 5.91 Å². The van der Waals surface area contributed by atoms with Crippen LogP contribution in [0.25, 0.3) is 0 Å². The second kappa shape index (κ2) is 7.58. The van der Waals surface area contributed by atoms with E-state index in [-0.39, 0.29) is 12.5 Å². The number of likely N-dealkylation sites (N-methyl/N-ethyl adjacent to an activating group) is 1. The van der Waals surface area contributed by atoms with Crippen LogP contribution in [0.5, 0.6) is 0 Å². The van der Waals surface area contributed by atoms with Crippen molar-refractivity contribution in [2.45, 2.75) is 19.5 Å². The second-order valence-corrected chi connectivity index (χ2v) is 6.23. The molecule has 0 radical (unpaired) electrons. The van der Waals surface area contributed by atoms with Crippen molar-refractivity contribution >= 4 is 35.0 Å². The van der Waals surface area contributed by atoms with Crippen LogP contribution in [-0.4, -0.2) is 24.3 Å². The predicted octanol–water partition coefficient (Wildman–Crippen LogP) is 2.18. The summed E-state index contributed by atoms with van der Waals surface area (Å²) in [6.45, 7) is 2.47. The number of nitrogens with zero attached hydrogens (tertiary/aromatic N) is 1. The number of halogens is 1. The number of benzene rings is 2. The number of anilines is 1. The summed E-state index contributed by atoms with van der Waals surface area (Å²) in [5.41, 5.74) is 2.14. The number of hydrogen-bond donors (Lipinski definition) is 2. The van der Waals surface area contributed by atoms with Gasteiger partial charge < -0.3 is 15.5 Å². The first-order valence-corrected chi connectivity index (χ1v) is 8.63. The standard InChI is InChI=1S/C19H18ClN3O3/c1-2-23-15-10-6-4-8-13(15)16(19(23)26)22-18(25)17(24)21-11-12-7-3-5-9-14(12)20/h3-10,16H,2,11H2,1H3,(H,21,24)(H,22,25)/t16-/m0/s1. The van der Waals surface area contributed by atoms with E-state index < -0.39 is 17.9 Å². The number of fused-ring (bicyclic) bond motifs is 1. The van der Waals surface area contributed by atoms with Crippen LogP contribution in [-0.2, 0) is 20.9 Å². The first kappa shape index (κ1) is 17.9. The monoisotopic (exact) mass is 371 g/mol. The number of nitrogens with one attached hydrogen (secondary N) is 2. The fourth-order valence-corrected chi connectivity index (χ4v) is 3.15. The summed E-state index contributed by atoms with van der Waals surface area (Å²) in [4.78, 5) is 38.4. The topological polar surface area (TPSA) is 78.5 Å². The Labute approximate surface area is 156 Å². The molecule has 1 atom stereocenters. The lowest BCUT2D eigenvalue weighted by molar-refractivity contribution is -0.140. The van der Waals surface area contributed by atoms with Crippen LogP contribution < -0.4 is 15.5 Å². The molecule has 0 saturated carbocycles. The first-order chi connectivity index (χ1) is 12.5. The smallest absolute Gasteiger partial charge is 0.310 e. The molecular formula is C19H18ClN3O3. The lowest BCUT2D eigenvalue weighted by Crippen LogP contribution is -2.44. The summed E-state index contributed by atoms with van der Waals surface area (Å²) >= 11 is 6.03. The molecule has 0 fully saturated rings. The number of rotatable bonds is 4. The molecule has 1 heterocycles. The van der Waals surface area contributed by atoms with Gasteiger partial charge in [0, 0.05) is 29.4 Å². The molecule has 0 aromatic heterocycles. The average molecular weight is 372 g/mol. The summed E-state index contributed by atoms with van der Waals surface area (Å²) in [5, 5.41) is 5.55. The lowest BCUT2D eigenvalue weighted by atomic mass is 10.1. The van der Waals surface area contributed by atoms with Gasteiger partial charge in [0.15, 0.2) is 0 Å². The molecule has 3 amide bonds. The van der Waals surface area contributed by atoms with Gasteiger partial charge in [-0.05, 0) is 24.6 Å². The largest absolute Gasteiger partial charge is 0.344 e. The van der Waals surface area contributed by atoms with Gasteiger partial charge in [0.05, 0.1) is 0 Å². The number of hydrogen-bond acceptors (Lipinski definition) is 3. The van der Waals surface area contributed by atoms with Gasteiger partial charge in [-0.15, -0.1) is 0 Å². The Morgan fingerprint density at radius 1 is 1.08 bits per heavy atom. The third kappa shape index (κ3) is 3.41.